The number of aryl methyl sites for hydroxylation is 2. The van der Waals surface area contributed by atoms with Gasteiger partial charge in [-0.15, -0.1) is 0 Å². The zero-order chi connectivity index (χ0) is 27.9. The normalized spacial score (nSPS) is 12.9. The average molecular weight is 546 g/mol. The number of aromatic nitrogens is 1. The van der Waals surface area contributed by atoms with Crippen LogP contribution in [0.5, 0.6) is 0 Å². The Balaban J connectivity index is 1.84. The second-order valence-corrected chi connectivity index (χ2v) is 11.0. The van der Waals surface area contributed by atoms with Gasteiger partial charge in [0.15, 0.2) is 9.84 Å². The Hall–Kier alpha value is -3.66. The summed E-state index contributed by atoms with van der Waals surface area (Å²) in [6.45, 7) is 3.85. The van der Waals surface area contributed by atoms with Crippen molar-refractivity contribution in [2.75, 3.05) is 11.6 Å². The summed E-state index contributed by atoms with van der Waals surface area (Å²) in [6.07, 6.45) is 0.443. The van der Waals surface area contributed by atoms with Gasteiger partial charge < -0.3 is 10.6 Å². The highest BCUT2D eigenvalue weighted by Crippen LogP contribution is 2.29. The topological polar surface area (TPSA) is 88.2 Å². The number of carbonyl (C=O) groups excluding carboxylic acids is 1. The molecule has 0 bridgehead atoms. The molecule has 0 saturated heterocycles. The van der Waals surface area contributed by atoms with Crippen molar-refractivity contribution in [1.82, 2.24) is 10.3 Å². The van der Waals surface area contributed by atoms with Gasteiger partial charge >= 0.3 is 6.18 Å². The first-order chi connectivity index (χ1) is 17.9. The molecule has 1 aromatic heterocycles. The molecule has 202 valence electrons. The molecule has 3 aromatic rings. The highest BCUT2D eigenvalue weighted by atomic mass is 32.2. The number of hydrogen-bond donors (Lipinski definition) is 2. The van der Waals surface area contributed by atoms with Crippen molar-refractivity contribution in [3.8, 4) is 0 Å². The number of nitrogens with zero attached hydrogens (tertiary/aromatic N) is 1. The first-order valence-electron chi connectivity index (χ1n) is 12.1. The van der Waals surface area contributed by atoms with Crippen molar-refractivity contribution >= 4 is 27.5 Å². The van der Waals surface area contributed by atoms with Gasteiger partial charge in [-0.25, -0.2) is 13.4 Å². The maximum absolute atomic E-state index is 13.1. The number of rotatable bonds is 10. The van der Waals surface area contributed by atoms with Gasteiger partial charge in [0.05, 0.1) is 4.90 Å². The summed E-state index contributed by atoms with van der Waals surface area (Å²) >= 11 is 0. The van der Waals surface area contributed by atoms with Crippen LogP contribution < -0.4 is 10.6 Å². The first-order valence-corrected chi connectivity index (χ1v) is 13.9. The summed E-state index contributed by atoms with van der Waals surface area (Å²) in [6, 6.07) is 15.9. The first kappa shape index (κ1) is 28.9. The van der Waals surface area contributed by atoms with Crippen LogP contribution in [0.15, 0.2) is 71.6 Å². The molecular formula is C28H30F3N3O3S. The lowest BCUT2D eigenvalue weighted by atomic mass is 10.1. The number of hydrogen-bond acceptors (Lipinski definition) is 5. The molecule has 38 heavy (non-hydrogen) atoms. The Morgan fingerprint density at radius 2 is 1.79 bits per heavy atom. The molecule has 0 saturated carbocycles. The molecule has 6 nitrogen and oxygen atoms in total. The third kappa shape index (κ3) is 8.17. The fraction of sp³-hybridized carbons (Fsp3) is 0.286. The van der Waals surface area contributed by atoms with E-state index in [9.17, 15) is 26.4 Å². The third-order valence-electron chi connectivity index (χ3n) is 5.74. The van der Waals surface area contributed by atoms with E-state index >= 15 is 0 Å². The van der Waals surface area contributed by atoms with Crippen LogP contribution >= 0.6 is 0 Å². The van der Waals surface area contributed by atoms with Gasteiger partial charge in [0.1, 0.15) is 11.9 Å². The average Bonchev–Trinajstić information content (AvgIpc) is 2.85. The zero-order valence-electron chi connectivity index (χ0n) is 21.3. The van der Waals surface area contributed by atoms with Crippen LogP contribution in [0, 0.1) is 6.92 Å². The second kappa shape index (κ2) is 12.3. The molecular weight excluding hydrogens is 515 g/mol. The molecule has 0 aliphatic rings. The summed E-state index contributed by atoms with van der Waals surface area (Å²) in [5, 5.41) is 6.06. The van der Waals surface area contributed by atoms with E-state index in [0.717, 1.165) is 29.9 Å². The van der Waals surface area contributed by atoms with E-state index in [1.165, 1.54) is 30.4 Å². The van der Waals surface area contributed by atoms with Crippen molar-refractivity contribution in [2.45, 2.75) is 50.3 Å². The fourth-order valence-corrected chi connectivity index (χ4v) is 4.37. The third-order valence-corrected chi connectivity index (χ3v) is 6.87. The summed E-state index contributed by atoms with van der Waals surface area (Å²) in [5.74, 6) is -0.474. The molecule has 1 unspecified atom stereocenters. The minimum absolute atomic E-state index is 0.172. The number of nitrogens with one attached hydrogen (secondary N) is 2. The van der Waals surface area contributed by atoms with E-state index in [-0.39, 0.29) is 10.6 Å². The number of benzene rings is 2. The Morgan fingerprint density at radius 1 is 1.08 bits per heavy atom. The summed E-state index contributed by atoms with van der Waals surface area (Å²) in [7, 11) is -3.35. The van der Waals surface area contributed by atoms with Gasteiger partial charge in [0, 0.05) is 23.7 Å². The monoisotopic (exact) mass is 545 g/mol. The summed E-state index contributed by atoms with van der Waals surface area (Å²) in [4.78, 5) is 16.9. The molecule has 3 rings (SSSR count). The number of unbranched alkanes of at least 4 members (excludes halogenated alkanes) is 1. The number of pyridine rings is 1. The van der Waals surface area contributed by atoms with Gasteiger partial charge in [-0.3, -0.25) is 4.79 Å². The zero-order valence-corrected chi connectivity index (χ0v) is 22.2. The maximum atomic E-state index is 13.1. The quantitative estimate of drug-likeness (QED) is 0.238. The second-order valence-electron chi connectivity index (χ2n) is 8.96. The largest absolute Gasteiger partial charge is 0.433 e. The Kier molecular flexibility index (Phi) is 9.32. The minimum atomic E-state index is -4.55. The van der Waals surface area contributed by atoms with Crippen LogP contribution in [0.2, 0.25) is 0 Å². The van der Waals surface area contributed by atoms with E-state index in [2.05, 4.69) is 15.6 Å². The number of anilines is 1. The van der Waals surface area contributed by atoms with Crippen LogP contribution in [0.3, 0.4) is 0 Å². The van der Waals surface area contributed by atoms with Crippen LogP contribution in [0.1, 0.15) is 54.0 Å². The van der Waals surface area contributed by atoms with Crippen molar-refractivity contribution in [2.24, 2.45) is 0 Å². The van der Waals surface area contributed by atoms with Crippen LogP contribution in [0.4, 0.5) is 18.9 Å². The summed E-state index contributed by atoms with van der Waals surface area (Å²) in [5.41, 5.74) is 2.09. The highest BCUT2D eigenvalue weighted by molar-refractivity contribution is 7.90. The molecule has 1 atom stereocenters. The van der Waals surface area contributed by atoms with E-state index in [4.69, 9.17) is 0 Å². The Labute approximate surface area is 220 Å². The van der Waals surface area contributed by atoms with Gasteiger partial charge in [0.2, 0.25) is 5.91 Å². The van der Waals surface area contributed by atoms with E-state index in [1.54, 1.807) is 12.1 Å². The number of amides is 1. The molecule has 0 fully saturated rings. The van der Waals surface area contributed by atoms with E-state index in [1.807, 2.05) is 38.1 Å². The Bertz CT molecular complexity index is 1400. The lowest BCUT2D eigenvalue weighted by molar-refractivity contribution is -0.141. The molecule has 1 heterocycles. The molecule has 0 aliphatic carbocycles. The smallest absolute Gasteiger partial charge is 0.362 e. The fourth-order valence-electron chi connectivity index (χ4n) is 3.74. The molecule has 2 N–H and O–H groups in total. The number of carbonyl (C=O) groups is 1. The van der Waals surface area contributed by atoms with Crippen molar-refractivity contribution in [3.63, 3.8) is 0 Å². The van der Waals surface area contributed by atoms with E-state index < -0.39 is 33.8 Å². The number of sulfone groups is 1. The standard InChI is InChI=1S/C28H30F3N3O3S/c1-4-5-9-24-20(10-16-25(33-24)28(29,30)31)11-17-26(35)34-27(21-8-6-7-19(2)18-21)32-22-12-14-23(15-13-22)38(3,36)37/h6-8,10-18,27,32H,4-5,9H2,1-3H3,(H,34,35). The highest BCUT2D eigenvalue weighted by Gasteiger charge is 2.32. The SMILES string of the molecule is CCCCc1nc(C(F)(F)F)ccc1C=CC(=O)NC(Nc1ccc(S(C)(=O)=O)cc1)c1cccc(C)c1. The molecule has 0 aliphatic heterocycles. The van der Waals surface area contributed by atoms with Crippen molar-refractivity contribution in [1.29, 1.82) is 0 Å². The van der Waals surface area contributed by atoms with Crippen LogP contribution in [-0.2, 0) is 27.2 Å². The lowest BCUT2D eigenvalue weighted by Crippen LogP contribution is -2.32. The van der Waals surface area contributed by atoms with Crippen LogP contribution in [-0.4, -0.2) is 25.6 Å². The molecule has 0 radical (unpaired) electrons. The summed E-state index contributed by atoms with van der Waals surface area (Å²) < 4.78 is 63.0. The molecule has 10 heteroatoms. The number of halogens is 3. The number of alkyl halides is 3. The molecule has 0 spiro atoms. The van der Waals surface area contributed by atoms with Gasteiger partial charge in [-0.05, 0) is 67.3 Å². The van der Waals surface area contributed by atoms with Crippen LogP contribution in [0.25, 0.3) is 6.08 Å². The van der Waals surface area contributed by atoms with Gasteiger partial charge in [0.25, 0.3) is 0 Å². The molecule has 2 aromatic carbocycles. The van der Waals surface area contributed by atoms with Gasteiger partial charge in [-0.2, -0.15) is 13.2 Å². The lowest BCUT2D eigenvalue weighted by Gasteiger charge is -2.22. The van der Waals surface area contributed by atoms with Crippen molar-refractivity contribution < 1.29 is 26.4 Å². The predicted molar refractivity (Wildman–Crippen MR) is 142 cm³/mol. The Morgan fingerprint density at radius 3 is 2.39 bits per heavy atom. The minimum Gasteiger partial charge on any atom is -0.362 e. The molecule has 1 amide bonds. The predicted octanol–water partition coefficient (Wildman–Crippen LogP) is 6.10. The van der Waals surface area contributed by atoms with E-state index in [0.29, 0.717) is 24.1 Å². The van der Waals surface area contributed by atoms with Gasteiger partial charge in [-0.1, -0.05) is 49.2 Å². The van der Waals surface area contributed by atoms with Crippen molar-refractivity contribution in [3.05, 3.63) is 94.8 Å². The maximum Gasteiger partial charge on any atom is 0.433 e.